The Morgan fingerprint density at radius 1 is 0.946 bits per heavy atom. The average molecular weight is 509 g/mol. The van der Waals surface area contributed by atoms with Crippen molar-refractivity contribution in [2.45, 2.75) is 71.8 Å². The molecule has 2 aromatic carbocycles. The normalized spacial score (nSPS) is 12.7. The van der Waals surface area contributed by atoms with Crippen LogP contribution in [0.5, 0.6) is 0 Å². The van der Waals surface area contributed by atoms with E-state index in [1.54, 1.807) is 45.0 Å². The molecule has 0 saturated carbocycles. The number of carbonyl (C=O) groups is 3. The number of carbonyl (C=O) groups excluding carboxylic acids is 3. The Balaban J connectivity index is 2.25. The van der Waals surface area contributed by atoms with E-state index in [-0.39, 0.29) is 18.9 Å². The topological polar surface area (TPSA) is 106 Å². The van der Waals surface area contributed by atoms with Gasteiger partial charge >= 0.3 is 18.0 Å². The summed E-state index contributed by atoms with van der Waals surface area (Å²) in [6, 6.07) is 16.9. The van der Waals surface area contributed by atoms with Crippen LogP contribution in [0.15, 0.2) is 54.6 Å². The summed E-state index contributed by atoms with van der Waals surface area (Å²) >= 11 is 0. The Bertz CT molecular complexity index is 1080. The molecular weight excluding hydrogens is 472 g/mol. The van der Waals surface area contributed by atoms with Gasteiger partial charge in [-0.3, -0.25) is 4.90 Å². The van der Waals surface area contributed by atoms with Crippen molar-refractivity contribution in [3.05, 3.63) is 71.3 Å². The van der Waals surface area contributed by atoms with Crippen molar-refractivity contribution in [2.75, 3.05) is 7.05 Å². The molecule has 0 aliphatic carbocycles. The molecular formula is C29H36N2O6. The minimum absolute atomic E-state index is 0.0222. The molecule has 0 saturated heterocycles. The first kappa shape index (κ1) is 29.4. The van der Waals surface area contributed by atoms with Gasteiger partial charge in [0.15, 0.2) is 0 Å². The van der Waals surface area contributed by atoms with Gasteiger partial charge in [-0.05, 0) is 56.4 Å². The summed E-state index contributed by atoms with van der Waals surface area (Å²) in [7, 11) is 1.48. The number of benzene rings is 2. The van der Waals surface area contributed by atoms with Crippen LogP contribution in [0.3, 0.4) is 0 Å². The maximum atomic E-state index is 13.3. The monoisotopic (exact) mass is 508 g/mol. The number of esters is 2. The molecule has 0 aromatic heterocycles. The highest BCUT2D eigenvalue weighted by atomic mass is 16.6. The smallest absolute Gasteiger partial charge is 0.410 e. The van der Waals surface area contributed by atoms with Gasteiger partial charge in [0.25, 0.3) is 0 Å². The van der Waals surface area contributed by atoms with Gasteiger partial charge in [0.1, 0.15) is 18.2 Å². The molecule has 1 unspecified atom stereocenters. The number of nitrogens with zero attached hydrogens (tertiary/aromatic N) is 2. The fourth-order valence-electron chi connectivity index (χ4n) is 3.46. The lowest BCUT2D eigenvalue weighted by Gasteiger charge is -2.31. The van der Waals surface area contributed by atoms with Crippen LogP contribution in [0.2, 0.25) is 0 Å². The second-order valence-electron chi connectivity index (χ2n) is 10.3. The van der Waals surface area contributed by atoms with Gasteiger partial charge in [-0.1, -0.05) is 56.3 Å². The first-order chi connectivity index (χ1) is 17.4. The standard InChI is InChI=1S/C29H36N2O6/c1-20(2)16-24(31(6)28(34)37-29(3,4)5)26(32)36-25(17-21-12-14-22(18-30)15-13-21)27(33)35-19-23-10-8-7-9-11-23/h7-15,20,24-25H,16-17,19H2,1-6H3/t24-,25?/m0/s1. The minimum atomic E-state index is -1.24. The van der Waals surface area contributed by atoms with E-state index in [0.717, 1.165) is 5.56 Å². The molecule has 0 radical (unpaired) electrons. The number of hydrogen-bond donors (Lipinski definition) is 0. The van der Waals surface area contributed by atoms with E-state index in [1.165, 1.54) is 11.9 Å². The molecule has 2 aromatic rings. The van der Waals surface area contributed by atoms with Crippen molar-refractivity contribution >= 4 is 18.0 Å². The van der Waals surface area contributed by atoms with Crippen LogP contribution in [0.1, 0.15) is 57.7 Å². The predicted octanol–water partition coefficient (Wildman–Crippen LogP) is 5.04. The molecule has 37 heavy (non-hydrogen) atoms. The lowest BCUT2D eigenvalue weighted by atomic mass is 10.0. The highest BCUT2D eigenvalue weighted by molar-refractivity contribution is 5.84. The summed E-state index contributed by atoms with van der Waals surface area (Å²) in [6.07, 6.45) is -1.54. The SMILES string of the molecule is CC(C)C[C@@H](C(=O)OC(Cc1ccc(C#N)cc1)C(=O)OCc1ccccc1)N(C)C(=O)OC(C)(C)C. The summed E-state index contributed by atoms with van der Waals surface area (Å²) in [4.78, 5) is 40.3. The van der Waals surface area contributed by atoms with Crippen LogP contribution in [0.25, 0.3) is 0 Å². The van der Waals surface area contributed by atoms with Gasteiger partial charge in [-0.25, -0.2) is 14.4 Å². The van der Waals surface area contributed by atoms with E-state index in [0.29, 0.717) is 17.5 Å². The number of ether oxygens (including phenoxy) is 3. The van der Waals surface area contributed by atoms with Crippen LogP contribution in [-0.2, 0) is 36.8 Å². The van der Waals surface area contributed by atoms with E-state index in [1.807, 2.05) is 50.2 Å². The Morgan fingerprint density at radius 2 is 1.57 bits per heavy atom. The second-order valence-corrected chi connectivity index (χ2v) is 10.3. The quantitative estimate of drug-likeness (QED) is 0.327. The minimum Gasteiger partial charge on any atom is -0.458 e. The molecule has 8 heteroatoms. The Labute approximate surface area is 219 Å². The van der Waals surface area contributed by atoms with E-state index < -0.39 is 35.8 Å². The fourth-order valence-corrected chi connectivity index (χ4v) is 3.46. The maximum absolute atomic E-state index is 13.3. The van der Waals surface area contributed by atoms with Crippen molar-refractivity contribution in [1.29, 1.82) is 5.26 Å². The van der Waals surface area contributed by atoms with Crippen molar-refractivity contribution in [3.8, 4) is 6.07 Å². The van der Waals surface area contributed by atoms with Gasteiger partial charge in [0.2, 0.25) is 6.10 Å². The van der Waals surface area contributed by atoms with Crippen molar-refractivity contribution in [1.82, 2.24) is 4.90 Å². The molecule has 2 atom stereocenters. The maximum Gasteiger partial charge on any atom is 0.410 e. The third-order valence-electron chi connectivity index (χ3n) is 5.37. The molecule has 198 valence electrons. The summed E-state index contributed by atoms with van der Waals surface area (Å²) in [5.74, 6) is -1.37. The Kier molecular flexibility index (Phi) is 10.7. The van der Waals surface area contributed by atoms with Gasteiger partial charge in [0, 0.05) is 13.5 Å². The summed E-state index contributed by atoms with van der Waals surface area (Å²) < 4.78 is 16.6. The predicted molar refractivity (Wildman–Crippen MR) is 138 cm³/mol. The molecule has 0 aliphatic heterocycles. The number of amides is 1. The first-order valence-electron chi connectivity index (χ1n) is 12.3. The van der Waals surface area contributed by atoms with Gasteiger partial charge in [-0.15, -0.1) is 0 Å². The van der Waals surface area contributed by atoms with Gasteiger partial charge in [0.05, 0.1) is 11.6 Å². The third kappa shape index (κ3) is 9.96. The molecule has 0 aliphatic rings. The molecule has 0 heterocycles. The van der Waals surface area contributed by atoms with Crippen LogP contribution in [-0.4, -0.2) is 47.7 Å². The zero-order valence-electron chi connectivity index (χ0n) is 22.4. The van der Waals surface area contributed by atoms with E-state index in [9.17, 15) is 14.4 Å². The van der Waals surface area contributed by atoms with Gasteiger partial charge < -0.3 is 14.2 Å². The zero-order valence-corrected chi connectivity index (χ0v) is 22.4. The Morgan fingerprint density at radius 3 is 2.11 bits per heavy atom. The Hall–Kier alpha value is -3.86. The fraction of sp³-hybridized carbons (Fsp3) is 0.448. The molecule has 0 N–H and O–H groups in total. The number of hydrogen-bond acceptors (Lipinski definition) is 7. The molecule has 0 fully saturated rings. The molecule has 2 rings (SSSR count). The zero-order chi connectivity index (χ0) is 27.6. The highest BCUT2D eigenvalue weighted by Crippen LogP contribution is 2.19. The average Bonchev–Trinajstić information content (AvgIpc) is 2.84. The summed E-state index contributed by atoms with van der Waals surface area (Å²) in [6.45, 7) is 9.09. The molecule has 1 amide bonds. The lowest BCUT2D eigenvalue weighted by Crippen LogP contribution is -2.47. The van der Waals surface area contributed by atoms with Crippen molar-refractivity contribution in [3.63, 3.8) is 0 Å². The number of nitriles is 1. The van der Waals surface area contributed by atoms with Gasteiger partial charge in [-0.2, -0.15) is 5.26 Å². The number of likely N-dealkylation sites (N-methyl/N-ethyl adjacent to an activating group) is 1. The van der Waals surface area contributed by atoms with Crippen molar-refractivity contribution < 1.29 is 28.6 Å². The lowest BCUT2D eigenvalue weighted by molar-refractivity contribution is -0.171. The van der Waals surface area contributed by atoms with Crippen LogP contribution >= 0.6 is 0 Å². The summed E-state index contributed by atoms with van der Waals surface area (Å²) in [5.41, 5.74) is 1.22. The first-order valence-corrected chi connectivity index (χ1v) is 12.3. The second kappa shape index (κ2) is 13.4. The molecule has 0 bridgehead atoms. The van der Waals surface area contributed by atoms with E-state index in [2.05, 4.69) is 0 Å². The van der Waals surface area contributed by atoms with Crippen LogP contribution < -0.4 is 0 Å². The van der Waals surface area contributed by atoms with Crippen LogP contribution in [0.4, 0.5) is 4.79 Å². The highest BCUT2D eigenvalue weighted by Gasteiger charge is 2.35. The number of rotatable bonds is 10. The van der Waals surface area contributed by atoms with Crippen LogP contribution in [0, 0.1) is 17.2 Å². The summed E-state index contributed by atoms with van der Waals surface area (Å²) in [5, 5.41) is 9.06. The molecule has 8 nitrogen and oxygen atoms in total. The largest absolute Gasteiger partial charge is 0.458 e. The van der Waals surface area contributed by atoms with Crippen molar-refractivity contribution in [2.24, 2.45) is 5.92 Å². The third-order valence-corrected chi connectivity index (χ3v) is 5.37. The van der Waals surface area contributed by atoms with E-state index >= 15 is 0 Å². The van der Waals surface area contributed by atoms with E-state index in [4.69, 9.17) is 19.5 Å². The molecule has 0 spiro atoms.